The summed E-state index contributed by atoms with van der Waals surface area (Å²) in [7, 11) is 1.43. The lowest BCUT2D eigenvalue weighted by atomic mass is 10.1. The summed E-state index contributed by atoms with van der Waals surface area (Å²) in [5.41, 5.74) is 5.42. The number of benzene rings is 1. The molecule has 1 aromatic rings. The van der Waals surface area contributed by atoms with Gasteiger partial charge in [-0.05, 0) is 12.6 Å². The Bertz CT molecular complexity index is 379. The third-order valence-corrected chi connectivity index (χ3v) is 2.24. The minimum Gasteiger partial charge on any atom is -0.507 e. The number of carbonyl (C=O) groups excluding carboxylic acids is 1. The zero-order valence-corrected chi connectivity index (χ0v) is 9.04. The van der Waals surface area contributed by atoms with E-state index in [2.05, 4.69) is 0 Å². The largest absolute Gasteiger partial charge is 0.507 e. The molecule has 5 heteroatoms. The van der Waals surface area contributed by atoms with Gasteiger partial charge in [0, 0.05) is 12.5 Å². The van der Waals surface area contributed by atoms with Crippen LogP contribution >= 0.6 is 11.6 Å². The first kappa shape index (κ1) is 11.8. The Hall–Kier alpha value is -1.26. The van der Waals surface area contributed by atoms with Crippen molar-refractivity contribution in [3.05, 3.63) is 22.7 Å². The summed E-state index contributed by atoms with van der Waals surface area (Å²) in [6.45, 7) is 0.238. The van der Waals surface area contributed by atoms with Gasteiger partial charge in [0.2, 0.25) is 0 Å². The number of methoxy groups -OCH3 is 1. The van der Waals surface area contributed by atoms with Crippen molar-refractivity contribution >= 4 is 17.4 Å². The number of aromatic hydroxyl groups is 1. The van der Waals surface area contributed by atoms with E-state index in [4.69, 9.17) is 22.1 Å². The predicted octanol–water partition coefficient (Wildman–Crippen LogP) is 1.59. The molecule has 3 N–H and O–H groups in total. The Morgan fingerprint density at radius 3 is 2.80 bits per heavy atom. The molecule has 0 amide bonds. The van der Waals surface area contributed by atoms with E-state index in [0.717, 1.165) is 0 Å². The second-order valence-electron chi connectivity index (χ2n) is 2.97. The van der Waals surface area contributed by atoms with Crippen LogP contribution in [0.3, 0.4) is 0 Å². The minimum absolute atomic E-state index is 0.144. The molecule has 0 aliphatic carbocycles. The van der Waals surface area contributed by atoms with Crippen molar-refractivity contribution in [3.8, 4) is 11.5 Å². The molecule has 1 rings (SSSR count). The summed E-state index contributed by atoms with van der Waals surface area (Å²) in [6.07, 6.45) is 0.177. The smallest absolute Gasteiger partial charge is 0.167 e. The van der Waals surface area contributed by atoms with E-state index in [1.807, 2.05) is 0 Å². The van der Waals surface area contributed by atoms with Gasteiger partial charge in [0.15, 0.2) is 5.78 Å². The molecule has 0 saturated heterocycles. The number of phenols is 1. The molecular weight excluding hydrogens is 218 g/mol. The van der Waals surface area contributed by atoms with Crippen molar-refractivity contribution in [2.75, 3.05) is 13.7 Å². The van der Waals surface area contributed by atoms with Crippen LogP contribution in [0, 0.1) is 0 Å². The number of phenolic OH excluding ortho intramolecular Hbond substituents is 1. The van der Waals surface area contributed by atoms with Gasteiger partial charge >= 0.3 is 0 Å². The van der Waals surface area contributed by atoms with E-state index < -0.39 is 0 Å². The average Bonchev–Trinajstić information content (AvgIpc) is 2.21. The lowest BCUT2D eigenvalue weighted by Gasteiger charge is -2.07. The van der Waals surface area contributed by atoms with Crippen LogP contribution in [0.25, 0.3) is 0 Å². The molecule has 0 heterocycles. The highest BCUT2D eigenvalue weighted by Crippen LogP contribution is 2.32. The number of ether oxygens (including phenoxy) is 1. The van der Waals surface area contributed by atoms with Crippen LogP contribution in [0.1, 0.15) is 16.8 Å². The maximum absolute atomic E-state index is 11.5. The van der Waals surface area contributed by atoms with Crippen LogP contribution in [0.5, 0.6) is 11.5 Å². The standard InChI is InChI=1S/C10H12ClNO3/c1-15-10-5-9(14)6(4-7(10)11)8(13)2-3-12/h4-5,14H,2-3,12H2,1H3. The molecule has 82 valence electrons. The molecule has 0 saturated carbocycles. The lowest BCUT2D eigenvalue weighted by Crippen LogP contribution is -2.08. The SMILES string of the molecule is COc1cc(O)c(C(=O)CCN)cc1Cl. The molecule has 0 aliphatic rings. The molecule has 1 aromatic carbocycles. The van der Waals surface area contributed by atoms with Crippen LogP contribution in [0.15, 0.2) is 12.1 Å². The van der Waals surface area contributed by atoms with Gasteiger partial charge < -0.3 is 15.6 Å². The summed E-state index contributed by atoms with van der Waals surface area (Å²) in [4.78, 5) is 11.5. The topological polar surface area (TPSA) is 72.5 Å². The Balaban J connectivity index is 3.10. The number of hydrogen-bond donors (Lipinski definition) is 2. The Labute approximate surface area is 92.6 Å². The summed E-state index contributed by atoms with van der Waals surface area (Å²) in [5.74, 6) is -0.0484. The van der Waals surface area contributed by atoms with Gasteiger partial charge in [0.25, 0.3) is 0 Å². The first-order valence-corrected chi connectivity index (χ1v) is 4.77. The first-order valence-electron chi connectivity index (χ1n) is 4.40. The maximum atomic E-state index is 11.5. The van der Waals surface area contributed by atoms with Crippen LogP contribution in [0.4, 0.5) is 0 Å². The third-order valence-electron chi connectivity index (χ3n) is 1.94. The fourth-order valence-electron chi connectivity index (χ4n) is 1.19. The summed E-state index contributed by atoms with van der Waals surface area (Å²) >= 11 is 5.83. The van der Waals surface area contributed by atoms with Crippen molar-refractivity contribution in [1.29, 1.82) is 0 Å². The molecule has 0 fully saturated rings. The number of ketones is 1. The predicted molar refractivity (Wildman–Crippen MR) is 57.7 cm³/mol. The van der Waals surface area contributed by atoms with E-state index in [9.17, 15) is 9.90 Å². The molecule has 15 heavy (non-hydrogen) atoms. The Morgan fingerprint density at radius 2 is 2.27 bits per heavy atom. The van der Waals surface area contributed by atoms with Crippen LogP contribution in [0.2, 0.25) is 5.02 Å². The van der Waals surface area contributed by atoms with Crippen molar-refractivity contribution in [2.45, 2.75) is 6.42 Å². The molecule has 0 unspecified atom stereocenters. The van der Waals surface area contributed by atoms with Crippen LogP contribution < -0.4 is 10.5 Å². The number of nitrogens with two attached hydrogens (primary N) is 1. The van der Waals surface area contributed by atoms with Gasteiger partial charge in [-0.2, -0.15) is 0 Å². The second-order valence-corrected chi connectivity index (χ2v) is 3.37. The quantitative estimate of drug-likeness (QED) is 0.769. The van der Waals surface area contributed by atoms with Crippen molar-refractivity contribution in [2.24, 2.45) is 5.73 Å². The van der Waals surface area contributed by atoms with Gasteiger partial charge in [-0.1, -0.05) is 11.6 Å². The third kappa shape index (κ3) is 2.61. The Morgan fingerprint density at radius 1 is 1.60 bits per heavy atom. The normalized spacial score (nSPS) is 10.1. The zero-order valence-electron chi connectivity index (χ0n) is 8.29. The highest BCUT2D eigenvalue weighted by atomic mass is 35.5. The van der Waals surface area contributed by atoms with Gasteiger partial charge in [-0.25, -0.2) is 0 Å². The molecule has 0 spiro atoms. The van der Waals surface area contributed by atoms with E-state index >= 15 is 0 Å². The van der Waals surface area contributed by atoms with E-state index in [-0.39, 0.29) is 35.1 Å². The van der Waals surface area contributed by atoms with Crippen LogP contribution in [-0.4, -0.2) is 24.5 Å². The van der Waals surface area contributed by atoms with Gasteiger partial charge in [0.05, 0.1) is 17.7 Å². The van der Waals surface area contributed by atoms with Crippen molar-refractivity contribution in [1.82, 2.24) is 0 Å². The first-order chi connectivity index (χ1) is 7.10. The average molecular weight is 230 g/mol. The number of rotatable bonds is 4. The minimum atomic E-state index is -0.237. The molecular formula is C10H12ClNO3. The second kappa shape index (κ2) is 5.00. The van der Waals surface area contributed by atoms with Gasteiger partial charge in [-0.3, -0.25) is 4.79 Å². The molecule has 0 atom stereocenters. The fourth-order valence-corrected chi connectivity index (χ4v) is 1.43. The molecule has 0 aromatic heterocycles. The monoisotopic (exact) mass is 229 g/mol. The Kier molecular flexibility index (Phi) is 3.94. The highest BCUT2D eigenvalue weighted by molar-refractivity contribution is 6.32. The van der Waals surface area contributed by atoms with Gasteiger partial charge in [0.1, 0.15) is 11.5 Å². The summed E-state index contributed by atoms with van der Waals surface area (Å²) in [6, 6.07) is 2.69. The highest BCUT2D eigenvalue weighted by Gasteiger charge is 2.14. The van der Waals surface area contributed by atoms with E-state index in [1.54, 1.807) is 0 Å². The van der Waals surface area contributed by atoms with Crippen molar-refractivity contribution in [3.63, 3.8) is 0 Å². The fraction of sp³-hybridized carbons (Fsp3) is 0.300. The molecule has 4 nitrogen and oxygen atoms in total. The van der Waals surface area contributed by atoms with Crippen LogP contribution in [-0.2, 0) is 0 Å². The summed E-state index contributed by atoms with van der Waals surface area (Å²) < 4.78 is 4.89. The van der Waals surface area contributed by atoms with Crippen molar-refractivity contribution < 1.29 is 14.6 Å². The number of carbonyl (C=O) groups is 1. The van der Waals surface area contributed by atoms with E-state index in [0.29, 0.717) is 5.75 Å². The van der Waals surface area contributed by atoms with Gasteiger partial charge in [-0.15, -0.1) is 0 Å². The lowest BCUT2D eigenvalue weighted by molar-refractivity contribution is 0.0983. The summed E-state index contributed by atoms with van der Waals surface area (Å²) in [5, 5.41) is 9.83. The molecule has 0 bridgehead atoms. The maximum Gasteiger partial charge on any atom is 0.167 e. The molecule has 0 radical (unpaired) electrons. The number of Topliss-reactive ketones (excluding diaryl/α,β-unsaturated/α-hetero) is 1. The van der Waals surface area contributed by atoms with E-state index in [1.165, 1.54) is 19.2 Å². The number of hydrogen-bond acceptors (Lipinski definition) is 4. The molecule has 0 aliphatic heterocycles. The number of halogens is 1. The zero-order chi connectivity index (χ0) is 11.4.